The summed E-state index contributed by atoms with van der Waals surface area (Å²) in [4.78, 5) is 15.5. The number of imidazole rings is 1. The van der Waals surface area contributed by atoms with E-state index in [1.807, 2.05) is 24.6 Å². The second-order valence-corrected chi connectivity index (χ2v) is 3.17. The first-order valence-corrected chi connectivity index (χ1v) is 5.04. The Labute approximate surface area is 84.3 Å². The van der Waals surface area contributed by atoms with Crippen LogP contribution in [0.2, 0.25) is 0 Å². The molecule has 0 saturated heterocycles. The van der Waals surface area contributed by atoms with E-state index in [0.29, 0.717) is 6.54 Å². The van der Waals surface area contributed by atoms with Gasteiger partial charge in [0.05, 0.1) is 0 Å². The molecule has 1 N–H and O–H groups in total. The molecule has 0 fully saturated rings. The van der Waals surface area contributed by atoms with Crippen molar-refractivity contribution < 1.29 is 4.79 Å². The minimum absolute atomic E-state index is 0.0551. The topological polar surface area (TPSA) is 46.9 Å². The summed E-state index contributed by atoms with van der Waals surface area (Å²) in [6, 6.07) is 0. The number of rotatable bonds is 5. The monoisotopic (exact) mass is 195 g/mol. The van der Waals surface area contributed by atoms with E-state index in [9.17, 15) is 4.79 Å². The molecular formula is C10H17N3O. The summed E-state index contributed by atoms with van der Waals surface area (Å²) in [5, 5.41) is 2.83. The summed E-state index contributed by atoms with van der Waals surface area (Å²) < 4.78 is 1.88. The van der Waals surface area contributed by atoms with Gasteiger partial charge in [0.15, 0.2) is 0 Å². The number of amides is 1. The van der Waals surface area contributed by atoms with Gasteiger partial charge in [-0.3, -0.25) is 4.79 Å². The van der Waals surface area contributed by atoms with E-state index in [1.165, 1.54) is 0 Å². The highest BCUT2D eigenvalue weighted by Crippen LogP contribution is 1.97. The van der Waals surface area contributed by atoms with Gasteiger partial charge in [0.25, 0.3) is 0 Å². The van der Waals surface area contributed by atoms with Crippen LogP contribution in [0.4, 0.5) is 0 Å². The second-order valence-electron chi connectivity index (χ2n) is 3.17. The lowest BCUT2D eigenvalue weighted by molar-refractivity contribution is -0.121. The fourth-order valence-electron chi connectivity index (χ4n) is 1.27. The van der Waals surface area contributed by atoms with Gasteiger partial charge in [-0.05, 0) is 6.42 Å². The third-order valence-electron chi connectivity index (χ3n) is 2.00. The summed E-state index contributed by atoms with van der Waals surface area (Å²) in [5.41, 5.74) is 0. The third-order valence-corrected chi connectivity index (χ3v) is 2.00. The molecule has 1 aromatic rings. The molecule has 0 aliphatic rings. The quantitative estimate of drug-likeness (QED) is 0.761. The van der Waals surface area contributed by atoms with E-state index >= 15 is 0 Å². The van der Waals surface area contributed by atoms with E-state index in [1.54, 1.807) is 6.20 Å². The van der Waals surface area contributed by atoms with Crippen molar-refractivity contribution in [1.29, 1.82) is 0 Å². The van der Waals surface area contributed by atoms with Gasteiger partial charge in [-0.25, -0.2) is 4.98 Å². The molecule has 1 aromatic heterocycles. The van der Waals surface area contributed by atoms with Crippen LogP contribution in [0, 0.1) is 0 Å². The van der Waals surface area contributed by atoms with Gasteiger partial charge < -0.3 is 9.88 Å². The molecule has 0 spiro atoms. The number of carbonyl (C=O) groups excluding carboxylic acids is 1. The summed E-state index contributed by atoms with van der Waals surface area (Å²) in [6.07, 6.45) is 5.39. The van der Waals surface area contributed by atoms with Crippen molar-refractivity contribution in [3.05, 3.63) is 18.2 Å². The summed E-state index contributed by atoms with van der Waals surface area (Å²) >= 11 is 0. The molecule has 0 bridgehead atoms. The smallest absolute Gasteiger partial charge is 0.239 e. The van der Waals surface area contributed by atoms with Crippen LogP contribution in [-0.2, 0) is 17.8 Å². The SMILES string of the molecule is CCCNC(=O)Cn1ccnc1CC. The molecule has 4 heteroatoms. The maximum absolute atomic E-state index is 11.4. The highest BCUT2D eigenvalue weighted by Gasteiger charge is 2.04. The summed E-state index contributed by atoms with van der Waals surface area (Å²) in [7, 11) is 0. The molecule has 0 aliphatic carbocycles. The predicted octanol–water partition coefficient (Wildman–Crippen LogP) is 0.972. The van der Waals surface area contributed by atoms with Crippen molar-refractivity contribution in [3.63, 3.8) is 0 Å². The molecule has 0 aromatic carbocycles. The largest absolute Gasteiger partial charge is 0.355 e. The summed E-state index contributed by atoms with van der Waals surface area (Å²) in [5.74, 6) is 1.01. The average molecular weight is 195 g/mol. The Kier molecular flexibility index (Phi) is 4.16. The number of aryl methyl sites for hydroxylation is 1. The van der Waals surface area contributed by atoms with Crippen LogP contribution in [0.15, 0.2) is 12.4 Å². The van der Waals surface area contributed by atoms with E-state index in [-0.39, 0.29) is 5.91 Å². The van der Waals surface area contributed by atoms with E-state index in [2.05, 4.69) is 10.3 Å². The van der Waals surface area contributed by atoms with Crippen molar-refractivity contribution >= 4 is 5.91 Å². The van der Waals surface area contributed by atoms with Gasteiger partial charge in [0.1, 0.15) is 12.4 Å². The molecule has 0 aliphatic heterocycles. The number of carbonyl (C=O) groups is 1. The lowest BCUT2D eigenvalue weighted by Crippen LogP contribution is -2.28. The Morgan fingerprint density at radius 2 is 2.36 bits per heavy atom. The standard InChI is InChI=1S/C10H17N3O/c1-3-5-12-10(14)8-13-7-6-11-9(13)4-2/h6-7H,3-5,8H2,1-2H3,(H,12,14). The second kappa shape index (κ2) is 5.42. The molecule has 0 radical (unpaired) electrons. The van der Waals surface area contributed by atoms with Gasteiger partial charge in [-0.2, -0.15) is 0 Å². The zero-order valence-electron chi connectivity index (χ0n) is 8.79. The number of aromatic nitrogens is 2. The molecule has 1 rings (SSSR count). The van der Waals surface area contributed by atoms with Gasteiger partial charge in [-0.1, -0.05) is 13.8 Å². The maximum atomic E-state index is 11.4. The first-order chi connectivity index (χ1) is 6.77. The van der Waals surface area contributed by atoms with Crippen molar-refractivity contribution in [2.75, 3.05) is 6.54 Å². The van der Waals surface area contributed by atoms with Gasteiger partial charge in [0.2, 0.25) is 5.91 Å². The average Bonchev–Trinajstić information content (AvgIpc) is 2.62. The number of nitrogens with zero attached hydrogens (tertiary/aromatic N) is 2. The van der Waals surface area contributed by atoms with E-state index < -0.39 is 0 Å². The first kappa shape index (κ1) is 10.8. The first-order valence-electron chi connectivity index (χ1n) is 5.04. The van der Waals surface area contributed by atoms with E-state index in [0.717, 1.165) is 25.2 Å². The highest BCUT2D eigenvalue weighted by atomic mass is 16.1. The molecule has 4 nitrogen and oxygen atoms in total. The molecule has 1 amide bonds. The number of nitrogens with one attached hydrogen (secondary N) is 1. The zero-order chi connectivity index (χ0) is 10.4. The Morgan fingerprint density at radius 1 is 1.57 bits per heavy atom. The molecule has 1 heterocycles. The number of hydrogen-bond donors (Lipinski definition) is 1. The Morgan fingerprint density at radius 3 is 3.00 bits per heavy atom. The molecule has 78 valence electrons. The van der Waals surface area contributed by atoms with Crippen molar-refractivity contribution in [2.24, 2.45) is 0 Å². The van der Waals surface area contributed by atoms with Crippen LogP contribution in [0.5, 0.6) is 0 Å². The van der Waals surface area contributed by atoms with Gasteiger partial charge in [0, 0.05) is 25.4 Å². The van der Waals surface area contributed by atoms with Gasteiger partial charge >= 0.3 is 0 Å². The van der Waals surface area contributed by atoms with Crippen molar-refractivity contribution in [1.82, 2.24) is 14.9 Å². The van der Waals surface area contributed by atoms with Gasteiger partial charge in [-0.15, -0.1) is 0 Å². The third kappa shape index (κ3) is 2.87. The Hall–Kier alpha value is -1.32. The van der Waals surface area contributed by atoms with E-state index in [4.69, 9.17) is 0 Å². The van der Waals surface area contributed by atoms with Crippen LogP contribution in [0.25, 0.3) is 0 Å². The highest BCUT2D eigenvalue weighted by molar-refractivity contribution is 5.75. The van der Waals surface area contributed by atoms with Crippen LogP contribution in [0.1, 0.15) is 26.1 Å². The molecule has 0 saturated carbocycles. The fraction of sp³-hybridized carbons (Fsp3) is 0.600. The summed E-state index contributed by atoms with van der Waals surface area (Å²) in [6.45, 7) is 5.19. The zero-order valence-corrected chi connectivity index (χ0v) is 8.79. The fourth-order valence-corrected chi connectivity index (χ4v) is 1.27. The minimum atomic E-state index is 0.0551. The molecule has 0 unspecified atom stereocenters. The molecule has 14 heavy (non-hydrogen) atoms. The maximum Gasteiger partial charge on any atom is 0.239 e. The number of hydrogen-bond acceptors (Lipinski definition) is 2. The lowest BCUT2D eigenvalue weighted by Gasteiger charge is -2.06. The Balaban J connectivity index is 2.47. The van der Waals surface area contributed by atoms with Crippen LogP contribution < -0.4 is 5.32 Å². The van der Waals surface area contributed by atoms with Crippen LogP contribution in [0.3, 0.4) is 0 Å². The minimum Gasteiger partial charge on any atom is -0.355 e. The molecular weight excluding hydrogens is 178 g/mol. The van der Waals surface area contributed by atoms with Crippen LogP contribution in [-0.4, -0.2) is 22.0 Å². The molecule has 0 atom stereocenters. The predicted molar refractivity (Wildman–Crippen MR) is 54.9 cm³/mol. The Bertz CT molecular complexity index is 293. The normalized spacial score (nSPS) is 10.1. The van der Waals surface area contributed by atoms with Crippen molar-refractivity contribution in [3.8, 4) is 0 Å². The lowest BCUT2D eigenvalue weighted by atomic mass is 10.4. The van der Waals surface area contributed by atoms with Crippen LogP contribution >= 0.6 is 0 Å². The van der Waals surface area contributed by atoms with Crippen molar-refractivity contribution in [2.45, 2.75) is 33.2 Å².